The molecule has 21 heavy (non-hydrogen) atoms. The van der Waals surface area contributed by atoms with Gasteiger partial charge in [-0.05, 0) is 32.2 Å². The van der Waals surface area contributed by atoms with Crippen LogP contribution < -0.4 is 5.32 Å². The van der Waals surface area contributed by atoms with Gasteiger partial charge >= 0.3 is 0 Å². The summed E-state index contributed by atoms with van der Waals surface area (Å²) in [6, 6.07) is 0.480. The van der Waals surface area contributed by atoms with Crippen LogP contribution in [0.25, 0.3) is 0 Å². The molecule has 0 aromatic carbocycles. The van der Waals surface area contributed by atoms with E-state index >= 15 is 0 Å². The third kappa shape index (κ3) is 3.64. The Kier molecular flexibility index (Phi) is 5.25. The van der Waals surface area contributed by atoms with Crippen LogP contribution in [-0.4, -0.2) is 35.9 Å². The minimum absolute atomic E-state index is 0.319. The van der Waals surface area contributed by atoms with Crippen LogP contribution in [0, 0.1) is 0 Å². The van der Waals surface area contributed by atoms with Crippen molar-refractivity contribution in [3.8, 4) is 0 Å². The first-order chi connectivity index (χ1) is 10.4. The Morgan fingerprint density at radius 2 is 2.05 bits per heavy atom. The Bertz CT molecular complexity index is 429. The Hall–Kier alpha value is -0.940. The molecule has 1 aliphatic heterocycles. The van der Waals surface area contributed by atoms with E-state index < -0.39 is 0 Å². The Morgan fingerprint density at radius 1 is 1.14 bits per heavy atom. The monoisotopic (exact) mass is 293 g/mol. The number of hydrogen-bond donors (Lipinski definition) is 1. The van der Waals surface area contributed by atoms with Crippen molar-refractivity contribution in [3.63, 3.8) is 0 Å². The molecule has 0 amide bonds. The predicted octanol–water partition coefficient (Wildman–Crippen LogP) is 2.99. The zero-order valence-electron chi connectivity index (χ0n) is 13.0. The van der Waals surface area contributed by atoms with E-state index in [0.29, 0.717) is 17.9 Å². The van der Waals surface area contributed by atoms with Gasteiger partial charge in [-0.1, -0.05) is 31.3 Å². The summed E-state index contributed by atoms with van der Waals surface area (Å²) in [5.74, 6) is 2.38. The molecule has 5 heteroatoms. The smallest absolute Gasteiger partial charge is 0.231 e. The van der Waals surface area contributed by atoms with Gasteiger partial charge in [0, 0.05) is 18.6 Å². The average Bonchev–Trinajstić information content (AvgIpc) is 2.90. The molecule has 118 valence electrons. The first-order valence-electron chi connectivity index (χ1n) is 8.53. The highest BCUT2D eigenvalue weighted by molar-refractivity contribution is 5.04. The van der Waals surface area contributed by atoms with E-state index in [0.717, 1.165) is 50.7 Å². The fourth-order valence-electron chi connectivity index (χ4n) is 3.62. The van der Waals surface area contributed by atoms with E-state index in [1.165, 1.54) is 25.7 Å². The van der Waals surface area contributed by atoms with Crippen molar-refractivity contribution in [3.05, 3.63) is 11.7 Å². The first-order valence-corrected chi connectivity index (χ1v) is 8.53. The molecule has 3 unspecified atom stereocenters. The van der Waals surface area contributed by atoms with Crippen LogP contribution in [0.2, 0.25) is 0 Å². The van der Waals surface area contributed by atoms with Crippen molar-refractivity contribution in [2.75, 3.05) is 19.8 Å². The molecule has 1 aromatic rings. The zero-order valence-corrected chi connectivity index (χ0v) is 13.0. The van der Waals surface area contributed by atoms with Crippen molar-refractivity contribution in [1.29, 1.82) is 0 Å². The molecule has 1 aromatic heterocycles. The minimum Gasteiger partial charge on any atom is -0.381 e. The molecule has 1 saturated carbocycles. The van der Waals surface area contributed by atoms with Crippen LogP contribution in [0.5, 0.6) is 0 Å². The molecule has 2 heterocycles. The summed E-state index contributed by atoms with van der Waals surface area (Å²) in [6.45, 7) is 4.77. The quantitative estimate of drug-likeness (QED) is 0.865. The third-order valence-corrected chi connectivity index (χ3v) is 4.78. The molecular weight excluding hydrogens is 266 g/mol. The number of hydrogen-bond acceptors (Lipinski definition) is 5. The molecule has 1 aliphatic carbocycles. The topological polar surface area (TPSA) is 60.2 Å². The Balaban J connectivity index is 1.72. The molecule has 1 saturated heterocycles. The van der Waals surface area contributed by atoms with Gasteiger partial charge in [0.2, 0.25) is 5.89 Å². The summed E-state index contributed by atoms with van der Waals surface area (Å²) >= 11 is 0. The van der Waals surface area contributed by atoms with Gasteiger partial charge in [-0.3, -0.25) is 0 Å². The number of nitrogens with zero attached hydrogens (tertiary/aromatic N) is 2. The molecule has 2 fully saturated rings. The van der Waals surface area contributed by atoms with Crippen LogP contribution >= 0.6 is 0 Å². The Labute approximate surface area is 126 Å². The van der Waals surface area contributed by atoms with Gasteiger partial charge in [0.15, 0.2) is 5.82 Å². The van der Waals surface area contributed by atoms with Gasteiger partial charge in [0.05, 0.1) is 12.5 Å². The maximum atomic E-state index is 5.63. The second kappa shape index (κ2) is 7.36. The van der Waals surface area contributed by atoms with Crippen LogP contribution in [0.15, 0.2) is 4.52 Å². The third-order valence-electron chi connectivity index (χ3n) is 4.78. The molecule has 3 atom stereocenters. The van der Waals surface area contributed by atoms with Gasteiger partial charge in [0.25, 0.3) is 0 Å². The highest BCUT2D eigenvalue weighted by atomic mass is 16.5. The highest BCUT2D eigenvalue weighted by Crippen LogP contribution is 2.32. The van der Waals surface area contributed by atoms with Crippen LogP contribution in [0.1, 0.15) is 75.4 Å². The van der Waals surface area contributed by atoms with Crippen LogP contribution in [-0.2, 0) is 4.74 Å². The summed E-state index contributed by atoms with van der Waals surface area (Å²) in [5, 5.41) is 7.86. The zero-order chi connectivity index (χ0) is 14.5. The lowest BCUT2D eigenvalue weighted by atomic mass is 9.94. The molecule has 5 nitrogen and oxygen atoms in total. The van der Waals surface area contributed by atoms with Gasteiger partial charge in [0.1, 0.15) is 0 Å². The normalized spacial score (nSPS) is 31.0. The lowest BCUT2D eigenvalue weighted by Gasteiger charge is -2.22. The lowest BCUT2D eigenvalue weighted by molar-refractivity contribution is 0.0773. The fraction of sp³-hybridized carbons (Fsp3) is 0.875. The Morgan fingerprint density at radius 3 is 2.86 bits per heavy atom. The average molecular weight is 293 g/mol. The van der Waals surface area contributed by atoms with Gasteiger partial charge in [-0.2, -0.15) is 4.98 Å². The van der Waals surface area contributed by atoms with Crippen molar-refractivity contribution in [1.82, 2.24) is 15.5 Å². The minimum atomic E-state index is 0.319. The van der Waals surface area contributed by atoms with E-state index in [1.807, 2.05) is 0 Å². The number of rotatable bonds is 4. The van der Waals surface area contributed by atoms with Gasteiger partial charge in [-0.25, -0.2) is 0 Å². The maximum absolute atomic E-state index is 5.63. The lowest BCUT2D eigenvalue weighted by Crippen LogP contribution is -2.34. The molecule has 3 rings (SSSR count). The molecule has 1 N–H and O–H groups in total. The van der Waals surface area contributed by atoms with Gasteiger partial charge in [-0.15, -0.1) is 0 Å². The standard InChI is InChI=1S/C16H27N3O2/c1-2-17-14-9-5-3-4-8-13(14)16-18-15(19-21-16)12-7-6-10-20-11-12/h12-14,17H,2-11H2,1H3. The van der Waals surface area contributed by atoms with E-state index in [-0.39, 0.29) is 0 Å². The molecule has 2 aliphatic rings. The molecule has 0 spiro atoms. The maximum Gasteiger partial charge on any atom is 0.231 e. The molecular formula is C16H27N3O2. The summed E-state index contributed by atoms with van der Waals surface area (Å²) in [5.41, 5.74) is 0. The predicted molar refractivity (Wildman–Crippen MR) is 80.4 cm³/mol. The van der Waals surface area contributed by atoms with Crippen LogP contribution in [0.3, 0.4) is 0 Å². The number of likely N-dealkylation sites (N-methyl/N-ethyl adjacent to an activating group) is 1. The summed E-state index contributed by atoms with van der Waals surface area (Å²) in [6.07, 6.45) is 8.44. The van der Waals surface area contributed by atoms with E-state index in [9.17, 15) is 0 Å². The van der Waals surface area contributed by atoms with Crippen molar-refractivity contribution in [2.24, 2.45) is 0 Å². The fourth-order valence-corrected chi connectivity index (χ4v) is 3.62. The number of aromatic nitrogens is 2. The van der Waals surface area contributed by atoms with Crippen molar-refractivity contribution >= 4 is 0 Å². The van der Waals surface area contributed by atoms with Crippen LogP contribution in [0.4, 0.5) is 0 Å². The van der Waals surface area contributed by atoms with Gasteiger partial charge < -0.3 is 14.6 Å². The first kappa shape index (κ1) is 15.0. The second-order valence-corrected chi connectivity index (χ2v) is 6.31. The molecule has 0 radical (unpaired) electrons. The summed E-state index contributed by atoms with van der Waals surface area (Å²) < 4.78 is 11.2. The number of ether oxygens (including phenoxy) is 1. The highest BCUT2D eigenvalue weighted by Gasteiger charge is 2.30. The molecule has 0 bridgehead atoms. The summed E-state index contributed by atoms with van der Waals surface area (Å²) in [4.78, 5) is 4.73. The van der Waals surface area contributed by atoms with E-state index in [4.69, 9.17) is 14.2 Å². The second-order valence-electron chi connectivity index (χ2n) is 6.31. The number of nitrogens with one attached hydrogen (secondary N) is 1. The van der Waals surface area contributed by atoms with E-state index in [1.54, 1.807) is 0 Å². The summed E-state index contributed by atoms with van der Waals surface area (Å²) in [7, 11) is 0. The van der Waals surface area contributed by atoms with Crippen molar-refractivity contribution < 1.29 is 9.26 Å². The largest absolute Gasteiger partial charge is 0.381 e. The SMILES string of the molecule is CCNC1CCCCCC1c1nc(C2CCCOC2)no1. The van der Waals surface area contributed by atoms with Crippen molar-refractivity contribution in [2.45, 2.75) is 69.7 Å². The van der Waals surface area contributed by atoms with E-state index in [2.05, 4.69) is 17.4 Å².